The van der Waals surface area contributed by atoms with Crippen LogP contribution in [-0.4, -0.2) is 4.21 Å². The quantitative estimate of drug-likeness (QED) is 0.281. The first-order chi connectivity index (χ1) is 3.71. The van der Waals surface area contributed by atoms with E-state index in [0.717, 1.165) is 6.20 Å². The molecule has 1 aliphatic heterocycles. The average Bonchev–Trinajstić information content (AvgIpc) is 1.65. The molecule has 0 aromatic rings. The lowest BCUT2D eigenvalue weighted by Crippen LogP contribution is -2.18. The van der Waals surface area contributed by atoms with Crippen molar-refractivity contribution in [2.24, 2.45) is 0 Å². The van der Waals surface area contributed by atoms with E-state index in [0.29, 0.717) is 11.9 Å². The Morgan fingerprint density at radius 2 is 2.25 bits per heavy atom. The number of rotatable bonds is 0. The van der Waals surface area contributed by atoms with Crippen LogP contribution in [-0.2, 0) is 0 Å². The molecule has 8 heavy (non-hydrogen) atoms. The SMILES string of the molecule is [O-][N+]1([O-])C=CC=[C]S1. The second-order valence-corrected chi connectivity index (χ2v) is 2.18. The second kappa shape index (κ2) is 1.91. The summed E-state index contributed by atoms with van der Waals surface area (Å²) in [6.07, 6.45) is 3.91. The van der Waals surface area contributed by atoms with E-state index < -0.39 is 4.21 Å². The van der Waals surface area contributed by atoms with Crippen molar-refractivity contribution in [2.45, 2.75) is 0 Å². The molecule has 0 saturated carbocycles. The van der Waals surface area contributed by atoms with Crippen LogP contribution in [0, 0.1) is 15.8 Å². The Hall–Kier alpha value is -0.290. The van der Waals surface area contributed by atoms with E-state index in [2.05, 4.69) is 5.41 Å². The van der Waals surface area contributed by atoms with E-state index in [-0.39, 0.29) is 0 Å². The van der Waals surface area contributed by atoms with Crippen LogP contribution in [0.1, 0.15) is 0 Å². The van der Waals surface area contributed by atoms with Gasteiger partial charge >= 0.3 is 0 Å². The van der Waals surface area contributed by atoms with Gasteiger partial charge in [-0.05, 0) is 12.2 Å². The zero-order valence-corrected chi connectivity index (χ0v) is 4.72. The Labute approximate surface area is 51.2 Å². The van der Waals surface area contributed by atoms with Gasteiger partial charge in [-0.2, -0.15) is 0 Å². The van der Waals surface area contributed by atoms with Crippen LogP contribution in [0.2, 0.25) is 0 Å². The summed E-state index contributed by atoms with van der Waals surface area (Å²) in [5, 5.41) is 23.0. The molecule has 1 rings (SSSR count). The molecular weight excluding hydrogens is 126 g/mol. The molecule has 0 amide bonds. The van der Waals surface area contributed by atoms with E-state index in [1.807, 2.05) is 0 Å². The highest BCUT2D eigenvalue weighted by Gasteiger charge is 2.01. The molecule has 43 valence electrons. The minimum atomic E-state index is -1.66. The molecule has 0 unspecified atom stereocenters. The van der Waals surface area contributed by atoms with Gasteiger partial charge < -0.3 is 14.6 Å². The van der Waals surface area contributed by atoms with Gasteiger partial charge in [0.15, 0.2) is 0 Å². The summed E-state index contributed by atoms with van der Waals surface area (Å²) in [4.78, 5) is 0. The van der Waals surface area contributed by atoms with Crippen molar-refractivity contribution in [1.29, 1.82) is 0 Å². The normalized spacial score (nSPS) is 23.8. The highest BCUT2D eigenvalue weighted by atomic mass is 32.2. The topological polar surface area (TPSA) is 46.1 Å². The van der Waals surface area contributed by atoms with E-state index in [1.165, 1.54) is 12.2 Å². The number of nitrogens with zero attached hydrogens (tertiary/aromatic N) is 1. The summed E-state index contributed by atoms with van der Waals surface area (Å²) in [5.41, 5.74) is 0. The van der Waals surface area contributed by atoms with Crippen LogP contribution in [0.5, 0.6) is 0 Å². The largest absolute Gasteiger partial charge is 0.614 e. The van der Waals surface area contributed by atoms with Gasteiger partial charge in [0, 0.05) is 0 Å². The van der Waals surface area contributed by atoms with Crippen molar-refractivity contribution in [3.63, 3.8) is 0 Å². The zero-order chi connectivity index (χ0) is 6.04. The Morgan fingerprint density at radius 1 is 1.50 bits per heavy atom. The van der Waals surface area contributed by atoms with Crippen molar-refractivity contribution in [3.8, 4) is 0 Å². The molecule has 1 radical (unpaired) electrons. The lowest BCUT2D eigenvalue weighted by atomic mass is 10.6. The molecule has 0 spiro atoms. The Balaban J connectivity index is 2.65. The third-order valence-electron chi connectivity index (χ3n) is 0.613. The van der Waals surface area contributed by atoms with Gasteiger partial charge in [0.2, 0.25) is 0 Å². The molecule has 0 fully saturated rings. The third kappa shape index (κ3) is 1.34. The van der Waals surface area contributed by atoms with E-state index in [4.69, 9.17) is 0 Å². The fraction of sp³-hybridized carbons (Fsp3) is 0. The maximum Gasteiger partial charge on any atom is 0.119 e. The first-order valence-electron chi connectivity index (χ1n) is 1.97. The fourth-order valence-corrected chi connectivity index (χ4v) is 0.740. The van der Waals surface area contributed by atoms with Crippen LogP contribution in [0.3, 0.4) is 0 Å². The summed E-state index contributed by atoms with van der Waals surface area (Å²) < 4.78 is -1.66. The minimum Gasteiger partial charge on any atom is -0.614 e. The van der Waals surface area contributed by atoms with Crippen LogP contribution in [0.15, 0.2) is 18.4 Å². The number of allylic oxidation sites excluding steroid dienone is 2. The molecule has 0 bridgehead atoms. The molecule has 0 aliphatic carbocycles. The number of hydrogen-bond acceptors (Lipinski definition) is 3. The lowest BCUT2D eigenvalue weighted by Gasteiger charge is -2.39. The Bertz CT molecular complexity index is 141. The zero-order valence-electron chi connectivity index (χ0n) is 3.90. The van der Waals surface area contributed by atoms with Gasteiger partial charge in [0.1, 0.15) is 18.1 Å². The highest BCUT2D eigenvalue weighted by Crippen LogP contribution is 2.23. The summed E-state index contributed by atoms with van der Waals surface area (Å²) in [7, 11) is 0. The molecular formula is C4H3NO2S-. The van der Waals surface area contributed by atoms with Crippen molar-refractivity contribution >= 4 is 11.9 Å². The summed E-state index contributed by atoms with van der Waals surface area (Å²) in [5.74, 6) is 0. The van der Waals surface area contributed by atoms with E-state index in [9.17, 15) is 10.4 Å². The number of hydrogen-bond donors (Lipinski definition) is 0. The van der Waals surface area contributed by atoms with Crippen LogP contribution >= 0.6 is 11.9 Å². The number of hydroxylamine groups is 2. The summed E-state index contributed by atoms with van der Waals surface area (Å²) in [6, 6.07) is 0. The average molecular weight is 129 g/mol. The fourth-order valence-electron chi connectivity index (χ4n) is 0.322. The first-order valence-corrected chi connectivity index (χ1v) is 2.74. The standard InChI is InChI=1S/C4H3NO2S/c6-5(7)3-1-2-4-8-5/h1-3H/q-1. The van der Waals surface area contributed by atoms with Gasteiger partial charge in [-0.3, -0.25) is 0 Å². The monoisotopic (exact) mass is 129 g/mol. The van der Waals surface area contributed by atoms with Gasteiger partial charge in [-0.15, -0.1) is 0 Å². The van der Waals surface area contributed by atoms with Crippen LogP contribution in [0.4, 0.5) is 0 Å². The minimum absolute atomic E-state index is 0.554. The van der Waals surface area contributed by atoms with Crippen LogP contribution < -0.4 is 0 Å². The predicted octanol–water partition coefficient (Wildman–Crippen LogP) is 1.29. The molecule has 0 aromatic carbocycles. The number of quaternary nitrogens is 1. The maximum atomic E-state index is 10.3. The molecule has 4 heteroatoms. The van der Waals surface area contributed by atoms with Gasteiger partial charge in [-0.1, -0.05) is 0 Å². The smallest absolute Gasteiger partial charge is 0.119 e. The Kier molecular flexibility index (Phi) is 1.39. The van der Waals surface area contributed by atoms with Crippen LogP contribution in [0.25, 0.3) is 0 Å². The van der Waals surface area contributed by atoms with E-state index >= 15 is 0 Å². The van der Waals surface area contributed by atoms with Crippen molar-refractivity contribution in [1.82, 2.24) is 0 Å². The molecule has 1 heterocycles. The van der Waals surface area contributed by atoms with Crippen molar-refractivity contribution < 1.29 is 4.21 Å². The maximum absolute atomic E-state index is 10.3. The van der Waals surface area contributed by atoms with Gasteiger partial charge in [0.25, 0.3) is 0 Å². The molecule has 0 N–H and O–H groups in total. The third-order valence-corrected chi connectivity index (χ3v) is 1.23. The summed E-state index contributed by atoms with van der Waals surface area (Å²) >= 11 is 0.554. The highest BCUT2D eigenvalue weighted by molar-refractivity contribution is 7.95. The lowest BCUT2D eigenvalue weighted by molar-refractivity contribution is -0.617. The molecule has 3 nitrogen and oxygen atoms in total. The van der Waals surface area contributed by atoms with Gasteiger partial charge in [0.05, 0.1) is 5.41 Å². The molecule has 1 aliphatic rings. The molecule has 0 aromatic heterocycles. The van der Waals surface area contributed by atoms with E-state index in [1.54, 1.807) is 0 Å². The summed E-state index contributed by atoms with van der Waals surface area (Å²) in [6.45, 7) is 0. The van der Waals surface area contributed by atoms with Gasteiger partial charge in [-0.25, -0.2) is 0 Å². The van der Waals surface area contributed by atoms with Crippen molar-refractivity contribution in [2.75, 3.05) is 0 Å². The predicted molar refractivity (Wildman–Crippen MR) is 31.5 cm³/mol. The Morgan fingerprint density at radius 3 is 2.50 bits per heavy atom. The second-order valence-electron chi connectivity index (χ2n) is 1.26. The van der Waals surface area contributed by atoms with Crippen molar-refractivity contribution in [3.05, 3.63) is 34.2 Å². The molecule has 0 saturated heterocycles. The first kappa shape index (κ1) is 5.84. The molecule has 0 atom stereocenters.